The molecule has 1 aliphatic heterocycles. The molecule has 1 fully saturated rings. The average Bonchev–Trinajstić information content (AvgIpc) is 2.62. The molecule has 27 heavy (non-hydrogen) atoms. The first-order valence-corrected chi connectivity index (χ1v) is 10.4. The van der Waals surface area contributed by atoms with E-state index in [4.69, 9.17) is 4.74 Å². The molecule has 1 aliphatic rings. The number of aryl methyl sites for hydroxylation is 1. The minimum Gasteiger partial charge on any atom is -0.383 e. The van der Waals surface area contributed by atoms with Crippen molar-refractivity contribution in [2.75, 3.05) is 46.9 Å². The third-order valence-electron chi connectivity index (χ3n) is 4.74. The van der Waals surface area contributed by atoms with Crippen molar-refractivity contribution in [3.63, 3.8) is 0 Å². The van der Waals surface area contributed by atoms with Gasteiger partial charge < -0.3 is 15.0 Å². The number of halogens is 1. The van der Waals surface area contributed by atoms with E-state index in [9.17, 15) is 13.2 Å². The highest BCUT2D eigenvalue weighted by atomic mass is 35.5. The molecule has 7 nitrogen and oxygen atoms in total. The number of nitrogens with zero attached hydrogens (tertiary/aromatic N) is 1. The van der Waals surface area contributed by atoms with Crippen molar-refractivity contribution in [1.82, 2.24) is 14.9 Å². The van der Waals surface area contributed by atoms with Gasteiger partial charge in [-0.05, 0) is 57.0 Å². The average molecular weight is 420 g/mol. The van der Waals surface area contributed by atoms with Gasteiger partial charge in [0.15, 0.2) is 0 Å². The Bertz CT molecular complexity index is 719. The Morgan fingerprint density at radius 1 is 1.30 bits per heavy atom. The molecule has 2 rings (SSSR count). The molecule has 1 heterocycles. The van der Waals surface area contributed by atoms with Crippen LogP contribution in [0.5, 0.6) is 0 Å². The zero-order valence-corrected chi connectivity index (χ0v) is 17.8. The summed E-state index contributed by atoms with van der Waals surface area (Å²) in [7, 11) is -0.213. The van der Waals surface area contributed by atoms with Crippen LogP contribution in [-0.2, 0) is 14.8 Å². The summed E-state index contributed by atoms with van der Waals surface area (Å²) >= 11 is 0. The zero-order chi connectivity index (χ0) is 19.2. The van der Waals surface area contributed by atoms with E-state index in [1.165, 1.54) is 19.2 Å². The number of hydrogen-bond donors (Lipinski definition) is 2. The molecule has 0 spiro atoms. The molecule has 1 aromatic carbocycles. The zero-order valence-electron chi connectivity index (χ0n) is 16.2. The molecule has 2 N–H and O–H groups in total. The predicted octanol–water partition coefficient (Wildman–Crippen LogP) is 1.41. The smallest absolute Gasteiger partial charge is 0.254 e. The lowest BCUT2D eigenvalue weighted by molar-refractivity contribution is 0.0690. The molecular formula is C18H30ClN3O4S. The van der Waals surface area contributed by atoms with Crippen LogP contribution >= 0.6 is 12.4 Å². The second kappa shape index (κ2) is 11.0. The number of carbonyl (C=O) groups excluding carboxylic acids is 1. The maximum Gasteiger partial charge on any atom is 0.254 e. The standard InChI is InChI=1S/C18H29N3O4S.ClH/c1-14-4-5-16(26(23,24)20-8-11-25-3)12-17(14)18(22)21-9-6-15(7-10-21)13-19-2;/h4-5,12,15,19-20H,6-11,13H2,1-3H3;1H. The van der Waals surface area contributed by atoms with E-state index in [-0.39, 0.29) is 29.8 Å². The van der Waals surface area contributed by atoms with Crippen LogP contribution < -0.4 is 10.0 Å². The summed E-state index contributed by atoms with van der Waals surface area (Å²) in [6, 6.07) is 4.69. The summed E-state index contributed by atoms with van der Waals surface area (Å²) in [6.07, 6.45) is 1.92. The van der Waals surface area contributed by atoms with Crippen LogP contribution in [0.4, 0.5) is 0 Å². The van der Waals surface area contributed by atoms with Gasteiger partial charge in [-0.2, -0.15) is 0 Å². The van der Waals surface area contributed by atoms with Crippen molar-refractivity contribution in [1.29, 1.82) is 0 Å². The lowest BCUT2D eigenvalue weighted by atomic mass is 9.96. The highest BCUT2D eigenvalue weighted by Crippen LogP contribution is 2.22. The topological polar surface area (TPSA) is 87.7 Å². The van der Waals surface area contributed by atoms with Gasteiger partial charge in [0, 0.05) is 32.3 Å². The van der Waals surface area contributed by atoms with Gasteiger partial charge in [0.05, 0.1) is 11.5 Å². The Kier molecular flexibility index (Phi) is 9.69. The van der Waals surface area contributed by atoms with Crippen molar-refractivity contribution in [2.24, 2.45) is 5.92 Å². The summed E-state index contributed by atoms with van der Waals surface area (Å²) in [5.41, 5.74) is 1.23. The first-order chi connectivity index (χ1) is 12.4. The fraction of sp³-hybridized carbons (Fsp3) is 0.611. The molecule has 0 saturated carbocycles. The number of benzene rings is 1. The summed E-state index contributed by atoms with van der Waals surface area (Å²) in [5.74, 6) is 0.487. The second-order valence-corrected chi connectivity index (χ2v) is 8.43. The Balaban J connectivity index is 0.00000364. The van der Waals surface area contributed by atoms with E-state index in [1.807, 2.05) is 18.9 Å². The molecule has 9 heteroatoms. The summed E-state index contributed by atoms with van der Waals surface area (Å²) in [4.78, 5) is 14.8. The van der Waals surface area contributed by atoms with Crippen LogP contribution in [0.25, 0.3) is 0 Å². The molecule has 0 radical (unpaired) electrons. The fourth-order valence-electron chi connectivity index (χ4n) is 3.16. The number of hydrogen-bond acceptors (Lipinski definition) is 5. The molecule has 1 saturated heterocycles. The first kappa shape index (κ1) is 23.8. The fourth-order valence-corrected chi connectivity index (χ4v) is 4.20. The molecule has 1 aromatic rings. The lowest BCUT2D eigenvalue weighted by Crippen LogP contribution is -2.40. The van der Waals surface area contributed by atoms with Gasteiger partial charge in [-0.25, -0.2) is 13.1 Å². The van der Waals surface area contributed by atoms with Gasteiger partial charge in [-0.3, -0.25) is 4.79 Å². The Morgan fingerprint density at radius 3 is 2.56 bits per heavy atom. The maximum atomic E-state index is 12.9. The SMILES string of the molecule is CNCC1CCN(C(=O)c2cc(S(=O)(=O)NCCOC)ccc2C)CC1.Cl. The van der Waals surface area contributed by atoms with Crippen molar-refractivity contribution in [3.05, 3.63) is 29.3 Å². The van der Waals surface area contributed by atoms with Crippen LogP contribution in [0.2, 0.25) is 0 Å². The Hall–Kier alpha value is -1.19. The molecule has 0 unspecified atom stereocenters. The van der Waals surface area contributed by atoms with Crippen LogP contribution in [0.15, 0.2) is 23.1 Å². The number of carbonyl (C=O) groups is 1. The number of rotatable bonds is 8. The highest BCUT2D eigenvalue weighted by molar-refractivity contribution is 7.89. The first-order valence-electron chi connectivity index (χ1n) is 8.92. The molecule has 1 amide bonds. The minimum absolute atomic E-state index is 0. The Morgan fingerprint density at radius 2 is 1.96 bits per heavy atom. The van der Waals surface area contributed by atoms with Crippen molar-refractivity contribution in [3.8, 4) is 0 Å². The second-order valence-electron chi connectivity index (χ2n) is 6.66. The molecular weight excluding hydrogens is 390 g/mol. The summed E-state index contributed by atoms with van der Waals surface area (Å²) in [6.45, 7) is 4.67. The molecule has 0 aromatic heterocycles. The molecule has 0 aliphatic carbocycles. The van der Waals surface area contributed by atoms with Crippen LogP contribution in [-0.4, -0.2) is 66.2 Å². The monoisotopic (exact) mass is 419 g/mol. The summed E-state index contributed by atoms with van der Waals surface area (Å²) in [5, 5.41) is 3.18. The van der Waals surface area contributed by atoms with Crippen molar-refractivity contribution >= 4 is 28.3 Å². The van der Waals surface area contributed by atoms with Gasteiger partial charge in [0.25, 0.3) is 5.91 Å². The third-order valence-corrected chi connectivity index (χ3v) is 6.20. The van der Waals surface area contributed by atoms with Crippen LogP contribution in [0, 0.1) is 12.8 Å². The third kappa shape index (κ3) is 6.43. The van der Waals surface area contributed by atoms with E-state index < -0.39 is 10.0 Å². The highest BCUT2D eigenvalue weighted by Gasteiger charge is 2.25. The normalized spacial score (nSPS) is 15.4. The van der Waals surface area contributed by atoms with Crippen LogP contribution in [0.1, 0.15) is 28.8 Å². The van der Waals surface area contributed by atoms with E-state index in [2.05, 4.69) is 10.0 Å². The number of methoxy groups -OCH3 is 1. The number of piperidine rings is 1. The van der Waals surface area contributed by atoms with Gasteiger partial charge in [0.1, 0.15) is 0 Å². The number of sulfonamides is 1. The largest absolute Gasteiger partial charge is 0.383 e. The number of likely N-dealkylation sites (tertiary alicyclic amines) is 1. The number of amides is 1. The van der Waals surface area contributed by atoms with Crippen LogP contribution in [0.3, 0.4) is 0 Å². The molecule has 154 valence electrons. The lowest BCUT2D eigenvalue weighted by Gasteiger charge is -2.32. The minimum atomic E-state index is -3.66. The summed E-state index contributed by atoms with van der Waals surface area (Å²) < 4.78 is 32.1. The van der Waals surface area contributed by atoms with E-state index >= 15 is 0 Å². The van der Waals surface area contributed by atoms with Crippen molar-refractivity contribution < 1.29 is 17.9 Å². The quantitative estimate of drug-likeness (QED) is 0.622. The molecule has 0 bridgehead atoms. The number of nitrogens with one attached hydrogen (secondary N) is 2. The van der Waals surface area contributed by atoms with Crippen molar-refractivity contribution in [2.45, 2.75) is 24.7 Å². The van der Waals surface area contributed by atoms with Gasteiger partial charge in [0.2, 0.25) is 10.0 Å². The Labute approximate surface area is 168 Å². The van der Waals surface area contributed by atoms with Gasteiger partial charge in [-0.15, -0.1) is 12.4 Å². The maximum absolute atomic E-state index is 12.9. The van der Waals surface area contributed by atoms with E-state index in [0.29, 0.717) is 31.2 Å². The predicted molar refractivity (Wildman–Crippen MR) is 108 cm³/mol. The molecule has 0 atom stereocenters. The van der Waals surface area contributed by atoms with E-state index in [0.717, 1.165) is 24.9 Å². The van der Waals surface area contributed by atoms with Gasteiger partial charge >= 0.3 is 0 Å². The van der Waals surface area contributed by atoms with Gasteiger partial charge in [-0.1, -0.05) is 6.07 Å². The van der Waals surface area contributed by atoms with E-state index in [1.54, 1.807) is 6.07 Å². The number of ether oxygens (including phenoxy) is 1.